The van der Waals surface area contributed by atoms with E-state index < -0.39 is 5.97 Å². The largest absolute Gasteiger partial charge is 0.497 e. The van der Waals surface area contributed by atoms with Crippen LogP contribution >= 0.6 is 23.2 Å². The van der Waals surface area contributed by atoms with Crippen LogP contribution < -0.4 is 15.8 Å². The Hall–Kier alpha value is -2.11. The molecule has 2 aromatic carbocycles. The zero-order valence-electron chi connectivity index (χ0n) is 11.0. The highest BCUT2D eigenvalue weighted by Gasteiger charge is 2.16. The highest BCUT2D eigenvalue weighted by molar-refractivity contribution is 6.35. The Morgan fingerprint density at radius 3 is 2.57 bits per heavy atom. The molecule has 0 fully saturated rings. The summed E-state index contributed by atoms with van der Waals surface area (Å²) in [6.45, 7) is 0. The highest BCUT2D eigenvalue weighted by atomic mass is 35.5. The van der Waals surface area contributed by atoms with Gasteiger partial charge in [-0.15, -0.1) is 0 Å². The third kappa shape index (κ3) is 3.32. The molecule has 0 aromatic heterocycles. The minimum atomic E-state index is -1.15. The topological polar surface area (TPSA) is 84.6 Å². The zero-order chi connectivity index (χ0) is 15.6. The fraction of sp³-hybridized carbons (Fsp3) is 0.0714. The van der Waals surface area contributed by atoms with E-state index in [2.05, 4.69) is 5.32 Å². The Morgan fingerprint density at radius 2 is 1.95 bits per heavy atom. The van der Waals surface area contributed by atoms with E-state index in [4.69, 9.17) is 33.7 Å². The number of rotatable bonds is 4. The molecular formula is C14H12Cl2N2O3. The van der Waals surface area contributed by atoms with Crippen molar-refractivity contribution in [2.75, 3.05) is 18.2 Å². The van der Waals surface area contributed by atoms with Crippen LogP contribution in [0.2, 0.25) is 10.0 Å². The maximum atomic E-state index is 11.3. The first-order valence-corrected chi connectivity index (χ1v) is 6.61. The molecule has 0 saturated carbocycles. The van der Waals surface area contributed by atoms with Crippen LogP contribution in [0, 0.1) is 0 Å². The van der Waals surface area contributed by atoms with Gasteiger partial charge >= 0.3 is 5.97 Å². The number of aromatic carboxylic acids is 1. The van der Waals surface area contributed by atoms with Crippen LogP contribution in [0.15, 0.2) is 30.3 Å². The maximum Gasteiger partial charge on any atom is 0.337 e. The van der Waals surface area contributed by atoms with E-state index in [9.17, 15) is 9.90 Å². The predicted molar refractivity (Wildman–Crippen MR) is 84.1 cm³/mol. The van der Waals surface area contributed by atoms with Crippen molar-refractivity contribution in [2.45, 2.75) is 0 Å². The Bertz CT molecular complexity index is 705. The van der Waals surface area contributed by atoms with Crippen LogP contribution in [0.5, 0.6) is 5.75 Å². The molecule has 5 nitrogen and oxygen atoms in total. The van der Waals surface area contributed by atoms with Crippen LogP contribution in [-0.4, -0.2) is 18.2 Å². The third-order valence-electron chi connectivity index (χ3n) is 2.78. The van der Waals surface area contributed by atoms with E-state index in [1.807, 2.05) is 0 Å². The van der Waals surface area contributed by atoms with Gasteiger partial charge in [0.15, 0.2) is 0 Å². The molecule has 0 saturated heterocycles. The zero-order valence-corrected chi connectivity index (χ0v) is 12.5. The van der Waals surface area contributed by atoms with Crippen LogP contribution in [0.25, 0.3) is 0 Å². The Balaban J connectivity index is 2.51. The molecule has 0 aliphatic carbocycles. The van der Waals surface area contributed by atoms with Crippen molar-refractivity contribution >= 4 is 46.2 Å². The fourth-order valence-corrected chi connectivity index (χ4v) is 2.23. The van der Waals surface area contributed by atoms with E-state index in [0.29, 0.717) is 16.5 Å². The molecule has 0 amide bonds. The minimum absolute atomic E-state index is 0.0427. The molecule has 7 heteroatoms. The van der Waals surface area contributed by atoms with Gasteiger partial charge in [-0.25, -0.2) is 4.79 Å². The molecule has 4 N–H and O–H groups in total. The molecule has 2 rings (SSSR count). The molecule has 0 heterocycles. The van der Waals surface area contributed by atoms with E-state index in [0.717, 1.165) is 0 Å². The number of hydrogen-bond acceptors (Lipinski definition) is 4. The average Bonchev–Trinajstić information content (AvgIpc) is 2.43. The summed E-state index contributed by atoms with van der Waals surface area (Å²) in [5, 5.41) is 12.8. The van der Waals surface area contributed by atoms with Gasteiger partial charge in [-0.05, 0) is 24.3 Å². The number of carboxylic acids is 1. The monoisotopic (exact) mass is 326 g/mol. The summed E-state index contributed by atoms with van der Waals surface area (Å²) in [6.07, 6.45) is 0. The molecule has 0 aliphatic rings. The van der Waals surface area contributed by atoms with Crippen molar-refractivity contribution in [3.05, 3.63) is 45.9 Å². The third-order valence-corrected chi connectivity index (χ3v) is 3.40. The Kier molecular flexibility index (Phi) is 4.45. The van der Waals surface area contributed by atoms with Crippen molar-refractivity contribution < 1.29 is 14.6 Å². The second-order valence-electron chi connectivity index (χ2n) is 4.20. The molecule has 0 bridgehead atoms. The number of carbonyl (C=O) groups is 1. The number of carboxylic acid groups (broad SMARTS) is 1. The molecule has 0 atom stereocenters. The first-order chi connectivity index (χ1) is 9.92. The summed E-state index contributed by atoms with van der Waals surface area (Å²) in [4.78, 5) is 11.3. The number of hydrogen-bond donors (Lipinski definition) is 3. The summed E-state index contributed by atoms with van der Waals surface area (Å²) in [5.74, 6) is -0.573. The van der Waals surface area contributed by atoms with Gasteiger partial charge in [-0.1, -0.05) is 23.2 Å². The number of ether oxygens (including phenoxy) is 1. The van der Waals surface area contributed by atoms with Crippen molar-refractivity contribution in [2.24, 2.45) is 0 Å². The van der Waals surface area contributed by atoms with E-state index >= 15 is 0 Å². The SMILES string of the molecule is COc1ccc(Cl)c(Nc2c(Cl)cc(N)cc2C(=O)O)c1. The van der Waals surface area contributed by atoms with Gasteiger partial charge in [0.1, 0.15) is 5.75 Å². The van der Waals surface area contributed by atoms with E-state index in [-0.39, 0.29) is 22.0 Å². The molecule has 2 aromatic rings. The average molecular weight is 327 g/mol. The van der Waals surface area contributed by atoms with Gasteiger partial charge in [-0.2, -0.15) is 0 Å². The van der Waals surface area contributed by atoms with Crippen molar-refractivity contribution in [3.63, 3.8) is 0 Å². The summed E-state index contributed by atoms with van der Waals surface area (Å²) < 4.78 is 5.11. The van der Waals surface area contributed by atoms with E-state index in [1.54, 1.807) is 18.2 Å². The fourth-order valence-electron chi connectivity index (χ4n) is 1.79. The number of methoxy groups -OCH3 is 1. The molecule has 21 heavy (non-hydrogen) atoms. The van der Waals surface area contributed by atoms with Gasteiger partial charge in [0.2, 0.25) is 0 Å². The van der Waals surface area contributed by atoms with Crippen LogP contribution in [-0.2, 0) is 0 Å². The summed E-state index contributed by atoms with van der Waals surface area (Å²) in [5.41, 5.74) is 6.53. The number of anilines is 3. The van der Waals surface area contributed by atoms with Gasteiger partial charge in [-0.3, -0.25) is 0 Å². The lowest BCUT2D eigenvalue weighted by molar-refractivity contribution is 0.0698. The van der Waals surface area contributed by atoms with Gasteiger partial charge in [0.05, 0.1) is 34.1 Å². The van der Waals surface area contributed by atoms with Crippen LogP contribution in [0.1, 0.15) is 10.4 Å². The Labute approximate surface area is 131 Å². The number of halogens is 2. The first kappa shape index (κ1) is 15.3. The van der Waals surface area contributed by atoms with Gasteiger partial charge in [0.25, 0.3) is 0 Å². The first-order valence-electron chi connectivity index (χ1n) is 5.85. The second-order valence-corrected chi connectivity index (χ2v) is 5.02. The maximum absolute atomic E-state index is 11.3. The molecule has 0 unspecified atom stereocenters. The highest BCUT2D eigenvalue weighted by Crippen LogP contribution is 2.35. The number of benzene rings is 2. The Morgan fingerprint density at radius 1 is 1.24 bits per heavy atom. The summed E-state index contributed by atoms with van der Waals surface area (Å²) >= 11 is 12.2. The summed E-state index contributed by atoms with van der Waals surface area (Å²) in [7, 11) is 1.52. The molecule has 0 radical (unpaired) electrons. The molecular weight excluding hydrogens is 315 g/mol. The number of nitrogens with two attached hydrogens (primary N) is 1. The van der Waals surface area contributed by atoms with Crippen molar-refractivity contribution in [1.82, 2.24) is 0 Å². The van der Waals surface area contributed by atoms with Gasteiger partial charge < -0.3 is 20.9 Å². The molecule has 0 aliphatic heterocycles. The van der Waals surface area contributed by atoms with Crippen LogP contribution in [0.3, 0.4) is 0 Å². The lowest BCUT2D eigenvalue weighted by atomic mass is 10.1. The smallest absolute Gasteiger partial charge is 0.337 e. The van der Waals surface area contributed by atoms with Gasteiger partial charge in [0, 0.05) is 11.8 Å². The van der Waals surface area contributed by atoms with E-state index in [1.165, 1.54) is 19.2 Å². The van der Waals surface area contributed by atoms with Crippen molar-refractivity contribution in [1.29, 1.82) is 0 Å². The number of nitrogen functional groups attached to an aromatic ring is 1. The molecule has 0 spiro atoms. The minimum Gasteiger partial charge on any atom is -0.497 e. The van der Waals surface area contributed by atoms with Crippen molar-refractivity contribution in [3.8, 4) is 5.75 Å². The summed E-state index contributed by atoms with van der Waals surface area (Å²) in [6, 6.07) is 7.75. The lowest BCUT2D eigenvalue weighted by Crippen LogP contribution is -2.05. The predicted octanol–water partition coefficient (Wildman–Crippen LogP) is 4.03. The molecule has 110 valence electrons. The normalized spacial score (nSPS) is 10.2. The quantitative estimate of drug-likeness (QED) is 0.739. The van der Waals surface area contributed by atoms with Crippen LogP contribution in [0.4, 0.5) is 17.1 Å². The number of nitrogens with one attached hydrogen (secondary N) is 1. The standard InChI is InChI=1S/C14H12Cl2N2O3/c1-21-8-2-3-10(15)12(6-8)18-13-9(14(19)20)4-7(17)5-11(13)16/h2-6,18H,17H2,1H3,(H,19,20). The second kappa shape index (κ2) is 6.11. The lowest BCUT2D eigenvalue weighted by Gasteiger charge is -2.14.